The van der Waals surface area contributed by atoms with Crippen LogP contribution >= 0.6 is 0 Å². The molecule has 0 radical (unpaired) electrons. The third-order valence-electron chi connectivity index (χ3n) is 4.63. The van der Waals surface area contributed by atoms with Gasteiger partial charge in [-0.25, -0.2) is 13.1 Å². The van der Waals surface area contributed by atoms with E-state index in [4.69, 9.17) is 5.73 Å². The van der Waals surface area contributed by atoms with Gasteiger partial charge >= 0.3 is 0 Å². The largest absolute Gasteiger partial charge is 0.330 e. The van der Waals surface area contributed by atoms with Crippen molar-refractivity contribution in [1.29, 1.82) is 0 Å². The second-order valence-corrected chi connectivity index (χ2v) is 8.08. The van der Waals surface area contributed by atoms with Crippen LogP contribution in [0.3, 0.4) is 0 Å². The lowest BCUT2D eigenvalue weighted by Crippen LogP contribution is -2.44. The average molecular weight is 348 g/mol. The SMILES string of the molecule is NC[C@@H]1CCCC[C@H]1NS(=O)(=O)c1cnn(Cc2ccccc2)c1. The molecule has 1 aromatic heterocycles. The van der Waals surface area contributed by atoms with Crippen molar-refractivity contribution >= 4 is 10.0 Å². The maximum Gasteiger partial charge on any atom is 0.243 e. The second kappa shape index (κ2) is 7.46. The molecule has 0 bridgehead atoms. The quantitative estimate of drug-likeness (QED) is 0.832. The molecule has 1 fully saturated rings. The van der Waals surface area contributed by atoms with Gasteiger partial charge in [-0.1, -0.05) is 43.2 Å². The summed E-state index contributed by atoms with van der Waals surface area (Å²) in [7, 11) is -3.56. The van der Waals surface area contributed by atoms with Gasteiger partial charge in [-0.05, 0) is 30.9 Å². The summed E-state index contributed by atoms with van der Waals surface area (Å²) >= 11 is 0. The van der Waals surface area contributed by atoms with Crippen LogP contribution in [0.4, 0.5) is 0 Å². The third-order valence-corrected chi connectivity index (χ3v) is 6.07. The van der Waals surface area contributed by atoms with Gasteiger partial charge in [0, 0.05) is 12.2 Å². The van der Waals surface area contributed by atoms with Crippen molar-refractivity contribution in [1.82, 2.24) is 14.5 Å². The zero-order chi connectivity index (χ0) is 17.0. The number of nitrogens with zero attached hydrogens (tertiary/aromatic N) is 2. The van der Waals surface area contributed by atoms with Crippen LogP contribution in [0.15, 0.2) is 47.6 Å². The lowest BCUT2D eigenvalue weighted by molar-refractivity contribution is 0.296. The molecule has 1 aliphatic rings. The Kier molecular flexibility index (Phi) is 5.33. The van der Waals surface area contributed by atoms with E-state index in [1.165, 1.54) is 6.20 Å². The van der Waals surface area contributed by atoms with Crippen LogP contribution in [0.5, 0.6) is 0 Å². The van der Waals surface area contributed by atoms with E-state index in [2.05, 4.69) is 9.82 Å². The van der Waals surface area contributed by atoms with Gasteiger partial charge in [0.1, 0.15) is 4.90 Å². The summed E-state index contributed by atoms with van der Waals surface area (Å²) in [5.74, 6) is 0.216. The number of benzene rings is 1. The van der Waals surface area contributed by atoms with Crippen LogP contribution in [0.1, 0.15) is 31.2 Å². The third kappa shape index (κ3) is 4.03. The first-order valence-corrected chi connectivity index (χ1v) is 9.85. The molecule has 0 amide bonds. The summed E-state index contributed by atoms with van der Waals surface area (Å²) < 4.78 is 29.7. The predicted octanol–water partition coefficient (Wildman–Crippen LogP) is 1.73. The molecule has 2 atom stereocenters. The number of hydrogen-bond acceptors (Lipinski definition) is 4. The molecule has 3 rings (SSSR count). The molecule has 24 heavy (non-hydrogen) atoms. The minimum Gasteiger partial charge on any atom is -0.330 e. The number of rotatable bonds is 6. The fraction of sp³-hybridized carbons (Fsp3) is 0.471. The Morgan fingerprint density at radius 1 is 1.21 bits per heavy atom. The number of aromatic nitrogens is 2. The van der Waals surface area contributed by atoms with Crippen LogP contribution in [0.25, 0.3) is 0 Å². The van der Waals surface area contributed by atoms with Crippen LogP contribution in [-0.4, -0.2) is 30.8 Å². The Hall–Kier alpha value is -1.70. The first-order valence-electron chi connectivity index (χ1n) is 8.37. The van der Waals surface area contributed by atoms with Gasteiger partial charge in [-0.3, -0.25) is 4.68 Å². The first kappa shape index (κ1) is 17.1. The van der Waals surface area contributed by atoms with Crippen molar-refractivity contribution in [3.63, 3.8) is 0 Å². The first-order chi connectivity index (χ1) is 11.6. The van der Waals surface area contributed by atoms with Crippen molar-refractivity contribution in [2.75, 3.05) is 6.54 Å². The van der Waals surface area contributed by atoms with Crippen LogP contribution in [-0.2, 0) is 16.6 Å². The van der Waals surface area contributed by atoms with Crippen LogP contribution in [0.2, 0.25) is 0 Å². The smallest absolute Gasteiger partial charge is 0.243 e. The minimum absolute atomic E-state index is 0.0776. The Bertz CT molecular complexity index is 758. The Labute approximate surface area is 143 Å². The normalized spacial score (nSPS) is 21.7. The van der Waals surface area contributed by atoms with Gasteiger partial charge in [-0.2, -0.15) is 5.10 Å². The standard InChI is InChI=1S/C17H24N4O2S/c18-10-15-8-4-5-9-17(15)20-24(22,23)16-11-19-21(13-16)12-14-6-2-1-3-7-14/h1-3,6-7,11,13,15,17,20H,4-5,8-10,12,18H2/t15-,17+/m0/s1. The van der Waals surface area contributed by atoms with Crippen LogP contribution < -0.4 is 10.5 Å². The lowest BCUT2D eigenvalue weighted by atomic mass is 9.85. The maximum absolute atomic E-state index is 12.6. The van der Waals surface area contributed by atoms with Gasteiger partial charge in [0.05, 0.1) is 12.7 Å². The summed E-state index contributed by atoms with van der Waals surface area (Å²) in [6.45, 7) is 1.06. The lowest BCUT2D eigenvalue weighted by Gasteiger charge is -2.30. The monoisotopic (exact) mass is 348 g/mol. The highest BCUT2D eigenvalue weighted by Crippen LogP contribution is 2.25. The van der Waals surface area contributed by atoms with Crippen molar-refractivity contribution in [3.05, 3.63) is 48.3 Å². The predicted molar refractivity (Wildman–Crippen MR) is 92.9 cm³/mol. The van der Waals surface area contributed by atoms with E-state index in [1.54, 1.807) is 10.9 Å². The summed E-state index contributed by atoms with van der Waals surface area (Å²) in [4.78, 5) is 0.208. The Morgan fingerprint density at radius 3 is 2.71 bits per heavy atom. The second-order valence-electron chi connectivity index (χ2n) is 6.37. The van der Waals surface area contributed by atoms with Gasteiger partial charge in [0.2, 0.25) is 10.0 Å². The highest BCUT2D eigenvalue weighted by molar-refractivity contribution is 7.89. The molecule has 6 nitrogen and oxygen atoms in total. The van der Waals surface area contributed by atoms with Gasteiger partial charge in [-0.15, -0.1) is 0 Å². The van der Waals surface area contributed by atoms with E-state index in [-0.39, 0.29) is 16.9 Å². The number of hydrogen-bond donors (Lipinski definition) is 2. The molecule has 1 aromatic carbocycles. The molecule has 7 heteroatoms. The van der Waals surface area contributed by atoms with Gasteiger partial charge in [0.25, 0.3) is 0 Å². The molecule has 1 aliphatic carbocycles. The molecule has 2 aromatic rings. The fourth-order valence-corrected chi connectivity index (χ4v) is 4.54. The fourth-order valence-electron chi connectivity index (χ4n) is 3.25. The highest BCUT2D eigenvalue weighted by Gasteiger charge is 2.29. The summed E-state index contributed by atoms with van der Waals surface area (Å²) in [6, 6.07) is 9.75. The maximum atomic E-state index is 12.6. The number of sulfonamides is 1. The molecule has 0 aliphatic heterocycles. The van der Waals surface area contributed by atoms with Crippen molar-refractivity contribution in [3.8, 4) is 0 Å². The minimum atomic E-state index is -3.56. The molecule has 1 heterocycles. The Morgan fingerprint density at radius 2 is 1.96 bits per heavy atom. The highest BCUT2D eigenvalue weighted by atomic mass is 32.2. The Balaban J connectivity index is 1.71. The number of nitrogens with two attached hydrogens (primary N) is 1. The van der Waals surface area contributed by atoms with Crippen LogP contribution in [0, 0.1) is 5.92 Å². The number of nitrogens with one attached hydrogen (secondary N) is 1. The zero-order valence-electron chi connectivity index (χ0n) is 13.6. The molecular weight excluding hydrogens is 324 g/mol. The summed E-state index contributed by atoms with van der Waals surface area (Å²) in [6.07, 6.45) is 6.98. The van der Waals surface area contributed by atoms with Crippen molar-refractivity contribution < 1.29 is 8.42 Å². The summed E-state index contributed by atoms with van der Waals surface area (Å²) in [5, 5.41) is 4.18. The van der Waals surface area contributed by atoms with Crippen molar-refractivity contribution in [2.45, 2.75) is 43.2 Å². The average Bonchev–Trinajstić information content (AvgIpc) is 3.05. The molecule has 0 unspecified atom stereocenters. The van der Waals surface area contributed by atoms with Gasteiger partial charge in [0.15, 0.2) is 0 Å². The van der Waals surface area contributed by atoms with E-state index in [1.807, 2.05) is 30.3 Å². The molecule has 0 saturated heterocycles. The zero-order valence-corrected chi connectivity index (χ0v) is 14.5. The van der Waals surface area contributed by atoms with E-state index in [0.717, 1.165) is 31.2 Å². The van der Waals surface area contributed by atoms with E-state index in [0.29, 0.717) is 13.1 Å². The van der Waals surface area contributed by atoms with E-state index < -0.39 is 10.0 Å². The topological polar surface area (TPSA) is 90.0 Å². The molecular formula is C17H24N4O2S. The van der Waals surface area contributed by atoms with E-state index in [9.17, 15) is 8.42 Å². The molecule has 0 spiro atoms. The van der Waals surface area contributed by atoms with E-state index >= 15 is 0 Å². The van der Waals surface area contributed by atoms with Crippen molar-refractivity contribution in [2.24, 2.45) is 11.7 Å². The van der Waals surface area contributed by atoms with Gasteiger partial charge < -0.3 is 5.73 Å². The summed E-state index contributed by atoms with van der Waals surface area (Å²) in [5.41, 5.74) is 6.87. The molecule has 3 N–H and O–H groups in total. The molecule has 130 valence electrons. The molecule has 1 saturated carbocycles.